The average Bonchev–Trinajstić information content (AvgIpc) is 3.40. The van der Waals surface area contributed by atoms with E-state index >= 15 is 0 Å². The number of benzene rings is 3. The summed E-state index contributed by atoms with van der Waals surface area (Å²) in [6, 6.07) is 16.7. The van der Waals surface area contributed by atoms with Gasteiger partial charge >= 0.3 is 0 Å². The highest BCUT2D eigenvalue weighted by Gasteiger charge is 2.32. The number of nitrogens with zero attached hydrogens (tertiary/aromatic N) is 3. The van der Waals surface area contributed by atoms with Crippen LogP contribution in [0.1, 0.15) is 5.56 Å². The van der Waals surface area contributed by atoms with E-state index in [0.717, 1.165) is 26.2 Å². The second kappa shape index (κ2) is 9.46. The summed E-state index contributed by atoms with van der Waals surface area (Å²) in [5.74, 6) is 0.327. The van der Waals surface area contributed by atoms with Gasteiger partial charge in [0.1, 0.15) is 17.7 Å². The van der Waals surface area contributed by atoms with E-state index in [4.69, 9.17) is 32.5 Å². The van der Waals surface area contributed by atoms with Gasteiger partial charge in [0.2, 0.25) is 0 Å². The van der Waals surface area contributed by atoms with Crippen molar-refractivity contribution in [1.82, 2.24) is 10.1 Å². The summed E-state index contributed by atoms with van der Waals surface area (Å²) in [7, 11) is -2.71. The lowest BCUT2D eigenvalue weighted by Gasteiger charge is -2.25. The van der Waals surface area contributed by atoms with E-state index in [-0.39, 0.29) is 22.2 Å². The molecular formula is C26H19Cl2N3O4S. The van der Waals surface area contributed by atoms with Gasteiger partial charge in [-0.1, -0.05) is 40.5 Å². The zero-order chi connectivity index (χ0) is 25.4. The number of fused-ring (bicyclic) bond motifs is 1. The predicted octanol–water partition coefficient (Wildman–Crippen LogP) is 7.04. The Balaban J connectivity index is 1.70. The van der Waals surface area contributed by atoms with E-state index in [1.54, 1.807) is 42.7 Å². The largest absolute Gasteiger partial charge is 0.495 e. The Bertz CT molecular complexity index is 1690. The Kier molecular flexibility index (Phi) is 6.34. The highest BCUT2D eigenvalue weighted by atomic mass is 35.5. The third-order valence-electron chi connectivity index (χ3n) is 5.74. The molecule has 36 heavy (non-hydrogen) atoms. The van der Waals surface area contributed by atoms with E-state index in [2.05, 4.69) is 10.1 Å². The van der Waals surface area contributed by atoms with Gasteiger partial charge in [-0.3, -0.25) is 4.98 Å². The van der Waals surface area contributed by atoms with Crippen LogP contribution >= 0.6 is 23.2 Å². The summed E-state index contributed by atoms with van der Waals surface area (Å²) in [5.41, 5.74) is 2.53. The number of pyridine rings is 1. The molecule has 0 N–H and O–H groups in total. The second-order valence-electron chi connectivity index (χ2n) is 7.98. The molecule has 0 unspecified atom stereocenters. The molecule has 3 aromatic carbocycles. The van der Waals surface area contributed by atoms with Gasteiger partial charge in [-0.15, -0.1) is 0 Å². The number of sulfonamides is 1. The standard InChI is InChI=1S/C26H19Cl2N3O4S/c1-16-11-18(4-6-22(16)27)21-13-25(34-2)24(14-23(21)28)31(26-8-10-35-30-26)36(32,33)20-5-3-19-15-29-9-7-17(19)12-20/h3-15H,1-2H3. The molecule has 5 rings (SSSR count). The third kappa shape index (κ3) is 4.28. The average molecular weight is 540 g/mol. The quantitative estimate of drug-likeness (QED) is 0.230. The molecule has 0 aliphatic carbocycles. The first-order chi connectivity index (χ1) is 17.3. The molecule has 0 bridgehead atoms. The minimum Gasteiger partial charge on any atom is -0.495 e. The number of hydrogen-bond acceptors (Lipinski definition) is 6. The summed E-state index contributed by atoms with van der Waals surface area (Å²) >= 11 is 12.9. The lowest BCUT2D eigenvalue weighted by molar-refractivity contribution is 0.414. The van der Waals surface area contributed by atoms with Crippen LogP contribution < -0.4 is 9.04 Å². The molecule has 0 fully saturated rings. The van der Waals surface area contributed by atoms with Crippen molar-refractivity contribution in [2.24, 2.45) is 0 Å². The van der Waals surface area contributed by atoms with Gasteiger partial charge in [-0.2, -0.15) is 0 Å². The Morgan fingerprint density at radius 2 is 1.78 bits per heavy atom. The Labute approximate surface area is 217 Å². The first kappa shape index (κ1) is 24.1. The van der Waals surface area contributed by atoms with Crippen LogP contribution in [-0.2, 0) is 10.0 Å². The Hall–Kier alpha value is -3.59. The topological polar surface area (TPSA) is 85.5 Å². The summed E-state index contributed by atoms with van der Waals surface area (Å²) in [4.78, 5) is 4.14. The number of aromatic nitrogens is 2. The highest BCUT2D eigenvalue weighted by Crippen LogP contribution is 2.44. The minimum absolute atomic E-state index is 0.0503. The van der Waals surface area contributed by atoms with Crippen LogP contribution in [0.5, 0.6) is 5.75 Å². The second-order valence-corrected chi connectivity index (χ2v) is 10.6. The van der Waals surface area contributed by atoms with Gasteiger partial charge in [0.15, 0.2) is 5.82 Å². The molecule has 0 saturated carbocycles. The maximum Gasteiger partial charge on any atom is 0.270 e. The number of rotatable bonds is 6. The molecule has 182 valence electrons. The smallest absolute Gasteiger partial charge is 0.270 e. The fourth-order valence-corrected chi connectivity index (χ4v) is 5.77. The van der Waals surface area contributed by atoms with Crippen molar-refractivity contribution in [3.63, 3.8) is 0 Å². The number of halogens is 2. The third-order valence-corrected chi connectivity index (χ3v) is 8.19. The number of aryl methyl sites for hydroxylation is 1. The van der Waals surface area contributed by atoms with Gasteiger partial charge < -0.3 is 9.26 Å². The Morgan fingerprint density at radius 3 is 2.50 bits per heavy atom. The summed E-state index contributed by atoms with van der Waals surface area (Å²) in [6.07, 6.45) is 4.57. The molecule has 0 saturated heterocycles. The molecule has 0 aliphatic rings. The zero-order valence-corrected chi connectivity index (χ0v) is 21.5. The maximum atomic E-state index is 14.0. The fraction of sp³-hybridized carbons (Fsp3) is 0.0769. The minimum atomic E-state index is -4.17. The normalized spacial score (nSPS) is 11.6. The van der Waals surface area contributed by atoms with Gasteiger partial charge in [0, 0.05) is 34.4 Å². The molecular weight excluding hydrogens is 521 g/mol. The van der Waals surface area contributed by atoms with E-state index in [1.165, 1.54) is 31.6 Å². The zero-order valence-electron chi connectivity index (χ0n) is 19.1. The van der Waals surface area contributed by atoms with Crippen molar-refractivity contribution in [2.75, 3.05) is 11.4 Å². The van der Waals surface area contributed by atoms with Crippen LogP contribution in [0.15, 0.2) is 88.7 Å². The maximum absolute atomic E-state index is 14.0. The van der Waals surface area contributed by atoms with Crippen LogP contribution in [0.25, 0.3) is 21.9 Å². The van der Waals surface area contributed by atoms with Crippen molar-refractivity contribution < 1.29 is 17.7 Å². The molecule has 2 aromatic heterocycles. The number of methoxy groups -OCH3 is 1. The van der Waals surface area contributed by atoms with E-state index in [0.29, 0.717) is 15.6 Å². The van der Waals surface area contributed by atoms with Crippen LogP contribution in [0, 0.1) is 6.92 Å². The fourth-order valence-electron chi connectivity index (χ4n) is 3.91. The van der Waals surface area contributed by atoms with Crippen LogP contribution in [0.2, 0.25) is 10.0 Å². The number of hydrogen-bond donors (Lipinski definition) is 0. The number of anilines is 2. The van der Waals surface area contributed by atoms with E-state index in [9.17, 15) is 8.42 Å². The number of ether oxygens (including phenoxy) is 1. The SMILES string of the molecule is COc1cc(-c2ccc(Cl)c(C)c2)c(Cl)cc1N(c1ccon1)S(=O)(=O)c1ccc2cnccc2c1. The van der Waals surface area contributed by atoms with Gasteiger partial charge in [0.05, 0.1) is 17.0 Å². The molecule has 0 atom stereocenters. The molecule has 7 nitrogen and oxygen atoms in total. The van der Waals surface area contributed by atoms with Crippen LogP contribution in [0.4, 0.5) is 11.5 Å². The first-order valence-electron chi connectivity index (χ1n) is 10.7. The lowest BCUT2D eigenvalue weighted by Crippen LogP contribution is -2.27. The Morgan fingerprint density at radius 1 is 0.944 bits per heavy atom. The summed E-state index contributed by atoms with van der Waals surface area (Å²) < 4.78 is 39.7. The molecule has 0 radical (unpaired) electrons. The van der Waals surface area contributed by atoms with Crippen molar-refractivity contribution in [3.05, 3.63) is 94.9 Å². The molecule has 2 heterocycles. The summed E-state index contributed by atoms with van der Waals surface area (Å²) in [5, 5.41) is 6.39. The van der Waals surface area contributed by atoms with E-state index in [1.807, 2.05) is 19.1 Å². The molecule has 0 aliphatic heterocycles. The lowest BCUT2D eigenvalue weighted by atomic mass is 10.0. The van der Waals surface area contributed by atoms with Crippen molar-refractivity contribution >= 4 is 55.5 Å². The highest BCUT2D eigenvalue weighted by molar-refractivity contribution is 7.93. The van der Waals surface area contributed by atoms with Crippen LogP contribution in [0.3, 0.4) is 0 Å². The monoisotopic (exact) mass is 539 g/mol. The van der Waals surface area contributed by atoms with Crippen molar-refractivity contribution in [2.45, 2.75) is 11.8 Å². The first-order valence-corrected chi connectivity index (χ1v) is 12.9. The molecule has 0 spiro atoms. The molecule has 5 aromatic rings. The summed E-state index contributed by atoms with van der Waals surface area (Å²) in [6.45, 7) is 1.89. The van der Waals surface area contributed by atoms with Gasteiger partial charge in [-0.25, -0.2) is 12.7 Å². The van der Waals surface area contributed by atoms with Gasteiger partial charge in [-0.05, 0) is 65.9 Å². The van der Waals surface area contributed by atoms with Crippen molar-refractivity contribution in [3.8, 4) is 16.9 Å². The molecule has 0 amide bonds. The predicted molar refractivity (Wildman–Crippen MR) is 141 cm³/mol. The van der Waals surface area contributed by atoms with Crippen LogP contribution in [-0.4, -0.2) is 25.7 Å². The molecule has 10 heteroatoms. The van der Waals surface area contributed by atoms with E-state index < -0.39 is 10.0 Å². The van der Waals surface area contributed by atoms with Gasteiger partial charge in [0.25, 0.3) is 10.0 Å². The van der Waals surface area contributed by atoms with Crippen molar-refractivity contribution in [1.29, 1.82) is 0 Å².